The molecule has 20 heavy (non-hydrogen) atoms. The lowest BCUT2D eigenvalue weighted by molar-refractivity contribution is -0.127. The molecule has 6 nitrogen and oxygen atoms in total. The Hall–Kier alpha value is -1.30. The summed E-state index contributed by atoms with van der Waals surface area (Å²) < 4.78 is 5.26. The van der Waals surface area contributed by atoms with Crippen molar-refractivity contribution in [3.8, 4) is 0 Å². The number of fused-ring (bicyclic) bond motifs is 2. The quantitative estimate of drug-likeness (QED) is 0.706. The number of carbonyl (C=O) groups excluding carboxylic acids is 2. The van der Waals surface area contributed by atoms with Crippen LogP contribution in [0.3, 0.4) is 0 Å². The molecule has 4 N–H and O–H groups in total. The highest BCUT2D eigenvalue weighted by molar-refractivity contribution is 5.89. The molecular weight excluding hydrogens is 258 g/mol. The first-order chi connectivity index (χ1) is 9.20. The molecule has 114 valence electrons. The highest BCUT2D eigenvalue weighted by atomic mass is 16.6. The molecule has 0 aliphatic carbocycles. The first-order valence-corrected chi connectivity index (χ1v) is 7.27. The predicted molar refractivity (Wildman–Crippen MR) is 75.1 cm³/mol. The van der Waals surface area contributed by atoms with Gasteiger partial charge in [0.1, 0.15) is 11.1 Å². The lowest BCUT2D eigenvalue weighted by atomic mass is 9.74. The van der Waals surface area contributed by atoms with Gasteiger partial charge in [-0.2, -0.15) is 0 Å². The number of ether oxygens (including phenoxy) is 1. The van der Waals surface area contributed by atoms with E-state index in [1.54, 1.807) is 20.8 Å². The van der Waals surface area contributed by atoms with Gasteiger partial charge in [0.05, 0.1) is 0 Å². The molecule has 2 aliphatic heterocycles. The van der Waals surface area contributed by atoms with Crippen LogP contribution in [0.15, 0.2) is 0 Å². The van der Waals surface area contributed by atoms with Crippen LogP contribution in [0.5, 0.6) is 0 Å². The van der Waals surface area contributed by atoms with E-state index in [0.717, 1.165) is 19.3 Å². The highest BCUT2D eigenvalue weighted by Crippen LogP contribution is 2.33. The topological polar surface area (TPSA) is 93.4 Å². The molecule has 2 aliphatic rings. The number of carbonyl (C=O) groups is 2. The monoisotopic (exact) mass is 283 g/mol. The summed E-state index contributed by atoms with van der Waals surface area (Å²) in [5.41, 5.74) is 4.01. The van der Waals surface area contributed by atoms with Crippen molar-refractivity contribution >= 4 is 12.0 Å². The van der Waals surface area contributed by atoms with Crippen molar-refractivity contribution in [1.29, 1.82) is 0 Å². The van der Waals surface area contributed by atoms with Gasteiger partial charge in [0.15, 0.2) is 0 Å². The Morgan fingerprint density at radius 2 is 1.80 bits per heavy atom. The third-order valence-corrected chi connectivity index (χ3v) is 3.98. The van der Waals surface area contributed by atoms with Crippen LogP contribution in [0.25, 0.3) is 0 Å². The summed E-state index contributed by atoms with van der Waals surface area (Å²) in [5.74, 6) is -0.471. The summed E-state index contributed by atoms with van der Waals surface area (Å²) in [7, 11) is 0. The first kappa shape index (κ1) is 15.1. The van der Waals surface area contributed by atoms with Gasteiger partial charge in [0.2, 0.25) is 5.91 Å². The largest absolute Gasteiger partial charge is 0.444 e. The van der Waals surface area contributed by atoms with E-state index in [1.807, 2.05) is 0 Å². The number of nitrogens with two attached hydrogens (primary N) is 1. The standard InChI is InChI=1S/C14H25N3O3/c1-13(2,3)20-12(19)17-14(11(15)18)7-9-5-4-6-10(8-14)16-9/h9-10,16H,4-8H2,1-3H3,(H2,15,18)(H,17,19). The second-order valence-electron chi connectivity index (χ2n) is 6.97. The van der Waals surface area contributed by atoms with Crippen LogP contribution in [0.2, 0.25) is 0 Å². The number of amides is 2. The summed E-state index contributed by atoms with van der Waals surface area (Å²) in [5, 5.41) is 6.23. The molecule has 2 amide bonds. The molecule has 0 aromatic heterocycles. The average molecular weight is 283 g/mol. The van der Waals surface area contributed by atoms with E-state index in [9.17, 15) is 9.59 Å². The van der Waals surface area contributed by atoms with Crippen LogP contribution in [0.4, 0.5) is 4.79 Å². The maximum atomic E-state index is 12.0. The van der Waals surface area contributed by atoms with Crippen molar-refractivity contribution in [2.45, 2.75) is 76.1 Å². The van der Waals surface area contributed by atoms with Crippen molar-refractivity contribution in [1.82, 2.24) is 10.6 Å². The Morgan fingerprint density at radius 1 is 1.25 bits per heavy atom. The van der Waals surface area contributed by atoms with E-state index in [4.69, 9.17) is 10.5 Å². The zero-order chi connectivity index (χ0) is 15.0. The van der Waals surface area contributed by atoms with Gasteiger partial charge in [-0.05, 0) is 46.5 Å². The number of primary amides is 1. The normalized spacial score (nSPS) is 33.4. The fraction of sp³-hybridized carbons (Fsp3) is 0.857. The van der Waals surface area contributed by atoms with Crippen LogP contribution in [0.1, 0.15) is 52.9 Å². The molecule has 2 atom stereocenters. The molecule has 2 unspecified atom stereocenters. The molecule has 2 bridgehead atoms. The van der Waals surface area contributed by atoms with Gasteiger partial charge < -0.3 is 21.1 Å². The summed E-state index contributed by atoms with van der Waals surface area (Å²) in [6.07, 6.45) is 3.69. The van der Waals surface area contributed by atoms with Gasteiger partial charge in [-0.3, -0.25) is 4.79 Å². The molecule has 2 fully saturated rings. The van der Waals surface area contributed by atoms with Gasteiger partial charge in [0, 0.05) is 12.1 Å². The second kappa shape index (κ2) is 5.24. The van der Waals surface area contributed by atoms with Crippen LogP contribution in [-0.4, -0.2) is 35.2 Å². The number of alkyl carbamates (subject to hydrolysis) is 1. The minimum atomic E-state index is -0.983. The lowest BCUT2D eigenvalue weighted by Gasteiger charge is -2.46. The molecular formula is C14H25N3O3. The second-order valence-corrected chi connectivity index (χ2v) is 6.97. The van der Waals surface area contributed by atoms with E-state index in [-0.39, 0.29) is 12.1 Å². The van der Waals surface area contributed by atoms with Gasteiger partial charge in [0.25, 0.3) is 0 Å². The zero-order valence-corrected chi connectivity index (χ0v) is 12.5. The minimum absolute atomic E-state index is 0.241. The zero-order valence-electron chi connectivity index (χ0n) is 12.5. The van der Waals surface area contributed by atoms with E-state index in [1.165, 1.54) is 0 Å². The molecule has 0 spiro atoms. The van der Waals surface area contributed by atoms with Crippen molar-refractivity contribution in [3.63, 3.8) is 0 Å². The van der Waals surface area contributed by atoms with E-state index in [2.05, 4.69) is 10.6 Å². The van der Waals surface area contributed by atoms with Gasteiger partial charge in [-0.15, -0.1) is 0 Å². The predicted octanol–water partition coefficient (Wildman–Crippen LogP) is 1.04. The highest BCUT2D eigenvalue weighted by Gasteiger charge is 2.47. The van der Waals surface area contributed by atoms with E-state index in [0.29, 0.717) is 12.8 Å². The Kier molecular flexibility index (Phi) is 3.95. The fourth-order valence-electron chi connectivity index (χ4n) is 3.22. The third-order valence-electron chi connectivity index (χ3n) is 3.98. The van der Waals surface area contributed by atoms with Crippen LogP contribution in [0, 0.1) is 0 Å². The maximum absolute atomic E-state index is 12.0. The summed E-state index contributed by atoms with van der Waals surface area (Å²) in [4.78, 5) is 23.9. The number of hydrogen-bond acceptors (Lipinski definition) is 4. The molecule has 0 aromatic rings. The van der Waals surface area contributed by atoms with Gasteiger partial charge >= 0.3 is 6.09 Å². The third kappa shape index (κ3) is 3.42. The number of hydrogen-bond donors (Lipinski definition) is 3. The molecule has 0 saturated carbocycles. The maximum Gasteiger partial charge on any atom is 0.408 e. The molecule has 2 saturated heterocycles. The van der Waals surface area contributed by atoms with Crippen LogP contribution in [-0.2, 0) is 9.53 Å². The number of rotatable bonds is 2. The van der Waals surface area contributed by atoms with Crippen LogP contribution < -0.4 is 16.4 Å². The summed E-state index contributed by atoms with van der Waals surface area (Å²) in [6.45, 7) is 5.38. The van der Waals surface area contributed by atoms with Crippen LogP contribution >= 0.6 is 0 Å². The Labute approximate surface area is 119 Å². The Bertz CT molecular complexity index is 391. The first-order valence-electron chi connectivity index (χ1n) is 7.27. The van der Waals surface area contributed by atoms with E-state index >= 15 is 0 Å². The summed E-state index contributed by atoms with van der Waals surface area (Å²) >= 11 is 0. The van der Waals surface area contributed by atoms with E-state index < -0.39 is 23.1 Å². The van der Waals surface area contributed by atoms with Crippen molar-refractivity contribution in [2.75, 3.05) is 0 Å². The molecule has 0 aromatic carbocycles. The van der Waals surface area contributed by atoms with Crippen molar-refractivity contribution < 1.29 is 14.3 Å². The van der Waals surface area contributed by atoms with Crippen molar-refractivity contribution in [2.24, 2.45) is 5.73 Å². The smallest absolute Gasteiger partial charge is 0.408 e. The van der Waals surface area contributed by atoms with Crippen molar-refractivity contribution in [3.05, 3.63) is 0 Å². The molecule has 6 heteroatoms. The van der Waals surface area contributed by atoms with Gasteiger partial charge in [-0.1, -0.05) is 6.42 Å². The Morgan fingerprint density at radius 3 is 2.25 bits per heavy atom. The average Bonchev–Trinajstić information content (AvgIpc) is 2.25. The SMILES string of the molecule is CC(C)(C)OC(=O)NC1(C(N)=O)CC2CCCC(C1)N2. The fourth-order valence-corrected chi connectivity index (χ4v) is 3.22. The minimum Gasteiger partial charge on any atom is -0.444 e. The Balaban J connectivity index is 2.10. The summed E-state index contributed by atoms with van der Waals surface area (Å²) in [6, 6.07) is 0.481. The number of piperidine rings is 2. The molecule has 2 rings (SSSR count). The molecule has 2 heterocycles. The molecule has 0 radical (unpaired) electrons. The number of nitrogens with one attached hydrogen (secondary N) is 2. The van der Waals surface area contributed by atoms with Gasteiger partial charge in [-0.25, -0.2) is 4.79 Å². The lowest BCUT2D eigenvalue weighted by Crippen LogP contribution is -2.67.